The number of fused-ring (bicyclic) bond motifs is 1. The van der Waals surface area contributed by atoms with Crippen LogP contribution in [-0.4, -0.2) is 217 Å². The van der Waals surface area contributed by atoms with Gasteiger partial charge in [-0.2, -0.15) is 0 Å². The number of unbranched alkanes of at least 4 members (excludes halogenated alkanes) is 1. The highest BCUT2D eigenvalue weighted by atomic mass is 16.4. The summed E-state index contributed by atoms with van der Waals surface area (Å²) in [6.07, 6.45) is 3.97. The number of allylic oxidation sites excluding steroid dienone is 3. The van der Waals surface area contributed by atoms with E-state index in [2.05, 4.69) is 38.8 Å². The number of hydrogen-bond acceptors (Lipinski definition) is 18. The Labute approximate surface area is 520 Å². The Bertz CT molecular complexity index is 2670. The molecular formula is C57H90N12O21. The summed E-state index contributed by atoms with van der Waals surface area (Å²) in [6.45, 7) is 11.3. The lowest BCUT2D eigenvalue weighted by atomic mass is 9.97. The average molecular weight is 1280 g/mol. The molecule has 0 spiro atoms. The third-order valence-electron chi connectivity index (χ3n) is 15.2. The molecule has 0 saturated carbocycles. The molecule has 504 valence electrons. The highest BCUT2D eigenvalue weighted by molar-refractivity contribution is 6.02. The van der Waals surface area contributed by atoms with Crippen molar-refractivity contribution < 1.29 is 103 Å². The molecule has 0 aliphatic carbocycles. The van der Waals surface area contributed by atoms with E-state index in [1.54, 1.807) is 19.1 Å². The lowest BCUT2D eigenvalue weighted by Gasteiger charge is -2.34. The van der Waals surface area contributed by atoms with Gasteiger partial charge in [0.15, 0.2) is 6.10 Å². The molecule has 2 saturated heterocycles. The van der Waals surface area contributed by atoms with Gasteiger partial charge < -0.3 is 94.4 Å². The average Bonchev–Trinajstić information content (AvgIpc) is 2.49. The molecule has 33 heteroatoms. The van der Waals surface area contributed by atoms with Crippen LogP contribution >= 0.6 is 0 Å². The molecule has 2 aliphatic heterocycles. The number of nitrogens with two attached hydrogens (primary N) is 1. The van der Waals surface area contributed by atoms with Gasteiger partial charge in [0.25, 0.3) is 0 Å². The smallest absolute Gasteiger partial charge is 0.335 e. The van der Waals surface area contributed by atoms with Crippen LogP contribution in [-0.2, 0) is 71.9 Å². The second kappa shape index (κ2) is 37.4. The molecule has 15 atom stereocenters. The lowest BCUT2D eigenvalue weighted by Crippen LogP contribution is -2.65. The number of carboxylic acids is 4. The number of carboxylic acid groups (broad SMARTS) is 4. The second-order valence-electron chi connectivity index (χ2n) is 23.2. The molecule has 2 fully saturated rings. The van der Waals surface area contributed by atoms with Crippen LogP contribution in [0.2, 0.25) is 0 Å². The Morgan fingerprint density at radius 1 is 0.678 bits per heavy atom. The SMILES string of the molecule is CCC(C)CC/C=C\C=C\C(=O)N[C@H](C(=O)N[C@@H]1C(=O)N[C@H](C(C)C)C(=O)N[C@@H](CCCCN)C(=O)N[C@@H](C(O)C(=O)O)C(=O)N[C@@H](CC(=O)O)C(=O)NCC(=O)N[C@H](C(CO)C(=O)O)C(=O)N[C@@H](C(C)C)C(=O)N2C[C@H](C)C[C@H]2C(=O)NC1C)C(C)C(=O)O. The summed E-state index contributed by atoms with van der Waals surface area (Å²) < 4.78 is 0. The zero-order valence-corrected chi connectivity index (χ0v) is 51.9. The molecule has 0 bridgehead atoms. The number of hydrogen-bond donors (Lipinski definition) is 17. The summed E-state index contributed by atoms with van der Waals surface area (Å²) in [7, 11) is 0. The molecule has 5 unspecified atom stereocenters. The quantitative estimate of drug-likeness (QED) is 0.0246. The molecule has 2 aliphatic rings. The first-order chi connectivity index (χ1) is 42.1. The summed E-state index contributed by atoms with van der Waals surface area (Å²) in [5, 5.41) is 83.1. The lowest BCUT2D eigenvalue weighted by molar-refractivity contribution is -0.153. The second-order valence-corrected chi connectivity index (χ2v) is 23.2. The number of carbonyl (C=O) groups is 15. The number of rotatable bonds is 24. The predicted molar refractivity (Wildman–Crippen MR) is 316 cm³/mol. The number of nitrogens with one attached hydrogen (secondary N) is 10. The maximum Gasteiger partial charge on any atom is 0.335 e. The highest BCUT2D eigenvalue weighted by Crippen LogP contribution is 2.26. The Hall–Kier alpha value is -8.59. The number of aliphatic hydroxyl groups excluding tert-OH is 2. The van der Waals surface area contributed by atoms with Crippen molar-refractivity contribution in [2.75, 3.05) is 26.2 Å². The van der Waals surface area contributed by atoms with E-state index in [1.807, 2.05) is 28.2 Å². The van der Waals surface area contributed by atoms with Crippen LogP contribution in [0.15, 0.2) is 24.3 Å². The van der Waals surface area contributed by atoms with E-state index in [9.17, 15) is 103 Å². The summed E-state index contributed by atoms with van der Waals surface area (Å²) in [5.74, 6) is -26.8. The van der Waals surface area contributed by atoms with Crippen molar-refractivity contribution in [3.05, 3.63) is 24.3 Å². The van der Waals surface area contributed by atoms with Crippen LogP contribution in [0.1, 0.15) is 114 Å². The van der Waals surface area contributed by atoms with Crippen LogP contribution in [0.25, 0.3) is 0 Å². The standard InChI is InChI=1S/C57H90N12O21/c1-10-28(6)17-13-11-12-14-19-36(71)63-41(30(8)55(85)86)50(80)67-42-31(9)60-48(78)35-21-29(7)24-69(35)54(84)40(27(4)5)66-52(82)43(32(25-70)56(87)88)64-37(72)23-59-46(76)34(22-38(73)74)62-53(83)44(45(75)57(89)90)68-47(77)33(18-15-16-20-58)61-49(79)39(26(2)3)65-51(42)81/h11-12,14,19,26-35,39-45,70,75H,10,13,15-18,20-25,58H2,1-9H3,(H,59,76)(H,60,78)(H,61,79)(H,62,83)(H,63,71)(H,64,72)(H,65,81)(H,66,82)(H,67,80)(H,68,77)(H,73,74)(H,85,86)(H,87,88)(H,89,90)/b12-11-,19-14+/t28?,29-,30?,31?,32?,33+,34+,35+,39-,40+,41+,42+,43-,44+,45?/m1/s1. The number of carbonyl (C=O) groups excluding carboxylic acids is 11. The van der Waals surface area contributed by atoms with Crippen LogP contribution in [0.4, 0.5) is 0 Å². The molecular weight excluding hydrogens is 1190 g/mol. The molecule has 0 aromatic rings. The number of nitrogens with zero attached hydrogens (tertiary/aromatic N) is 1. The topological polar surface area (TPSA) is 527 Å². The molecule has 0 aromatic carbocycles. The summed E-state index contributed by atoms with van der Waals surface area (Å²) >= 11 is 0. The van der Waals surface area contributed by atoms with Gasteiger partial charge in [0.05, 0.1) is 31.5 Å². The van der Waals surface area contributed by atoms with Gasteiger partial charge >= 0.3 is 23.9 Å². The Morgan fingerprint density at radius 2 is 1.27 bits per heavy atom. The van der Waals surface area contributed by atoms with Gasteiger partial charge in [-0.05, 0) is 82.6 Å². The van der Waals surface area contributed by atoms with Gasteiger partial charge in [-0.25, -0.2) is 4.79 Å². The van der Waals surface area contributed by atoms with Crippen molar-refractivity contribution in [1.82, 2.24) is 58.1 Å². The third kappa shape index (κ3) is 24.1. The third-order valence-corrected chi connectivity index (χ3v) is 15.2. The molecule has 0 radical (unpaired) electrons. The minimum Gasteiger partial charge on any atom is -0.481 e. The molecule has 90 heavy (non-hydrogen) atoms. The number of amides is 11. The van der Waals surface area contributed by atoms with Crippen LogP contribution in [0, 0.1) is 35.5 Å². The van der Waals surface area contributed by atoms with Gasteiger partial charge in [0.2, 0.25) is 65.0 Å². The van der Waals surface area contributed by atoms with E-state index >= 15 is 0 Å². The fraction of sp³-hybridized carbons (Fsp3) is 0.667. The monoisotopic (exact) mass is 1280 g/mol. The fourth-order valence-electron chi connectivity index (χ4n) is 9.52. The zero-order valence-electron chi connectivity index (χ0n) is 51.9. The Morgan fingerprint density at radius 3 is 1.82 bits per heavy atom. The van der Waals surface area contributed by atoms with E-state index in [0.29, 0.717) is 12.3 Å². The maximum atomic E-state index is 14.9. The van der Waals surface area contributed by atoms with Crippen molar-refractivity contribution in [2.24, 2.45) is 41.2 Å². The van der Waals surface area contributed by atoms with Gasteiger partial charge in [-0.3, -0.25) is 67.1 Å². The number of aliphatic hydroxyl groups is 2. The van der Waals surface area contributed by atoms with Crippen molar-refractivity contribution in [2.45, 2.75) is 180 Å². The van der Waals surface area contributed by atoms with Gasteiger partial charge in [0, 0.05) is 12.6 Å². The molecule has 0 aromatic heterocycles. The molecule has 18 N–H and O–H groups in total. The van der Waals surface area contributed by atoms with Gasteiger partial charge in [-0.15, -0.1) is 0 Å². The van der Waals surface area contributed by atoms with E-state index in [0.717, 1.165) is 30.7 Å². The molecule has 2 rings (SSSR count). The normalized spacial score (nSPS) is 25.9. The summed E-state index contributed by atoms with van der Waals surface area (Å²) in [5.41, 5.74) is 5.69. The van der Waals surface area contributed by atoms with E-state index in [4.69, 9.17) is 5.73 Å². The van der Waals surface area contributed by atoms with E-state index in [-0.39, 0.29) is 38.8 Å². The number of aliphatic carboxylic acids is 4. The van der Waals surface area contributed by atoms with Crippen molar-refractivity contribution in [1.29, 1.82) is 0 Å². The first-order valence-electron chi connectivity index (χ1n) is 29.6. The van der Waals surface area contributed by atoms with Crippen LogP contribution in [0.3, 0.4) is 0 Å². The van der Waals surface area contributed by atoms with Gasteiger partial charge in [-0.1, -0.05) is 73.1 Å². The van der Waals surface area contributed by atoms with Crippen LogP contribution in [0.5, 0.6) is 0 Å². The van der Waals surface area contributed by atoms with Gasteiger partial charge in [0.1, 0.15) is 60.3 Å². The first-order valence-corrected chi connectivity index (χ1v) is 29.6. The summed E-state index contributed by atoms with van der Waals surface area (Å²) in [6, 6.07) is -19.1. The minimum absolute atomic E-state index is 0.0443. The zero-order chi connectivity index (χ0) is 68.4. The largest absolute Gasteiger partial charge is 0.481 e. The Kier molecular flexibility index (Phi) is 32.2. The minimum atomic E-state index is -2.86. The first kappa shape index (κ1) is 77.5. The maximum absolute atomic E-state index is 14.9. The summed E-state index contributed by atoms with van der Waals surface area (Å²) in [4.78, 5) is 206. The fourth-order valence-corrected chi connectivity index (χ4v) is 9.52. The van der Waals surface area contributed by atoms with Crippen molar-refractivity contribution in [3.63, 3.8) is 0 Å². The molecule has 11 amide bonds. The Balaban J connectivity index is 2.98. The molecule has 33 nitrogen and oxygen atoms in total. The van der Waals surface area contributed by atoms with Crippen LogP contribution < -0.4 is 58.9 Å². The van der Waals surface area contributed by atoms with Crippen molar-refractivity contribution in [3.8, 4) is 0 Å². The molecule has 2 heterocycles. The highest BCUT2D eigenvalue weighted by Gasteiger charge is 2.46. The van der Waals surface area contributed by atoms with E-state index < -0.39 is 205 Å². The predicted octanol–water partition coefficient (Wildman–Crippen LogP) is -4.55. The van der Waals surface area contributed by atoms with E-state index in [1.165, 1.54) is 40.7 Å². The van der Waals surface area contributed by atoms with Crippen molar-refractivity contribution >= 4 is 88.9 Å².